The molecule has 0 fully saturated rings. The molecule has 2 rings (SSSR count). The summed E-state index contributed by atoms with van der Waals surface area (Å²) in [6.07, 6.45) is 2.84. The minimum Gasteiger partial charge on any atom is -0.357 e. The molecule has 1 unspecified atom stereocenters. The molecule has 2 N–H and O–H groups in total. The van der Waals surface area contributed by atoms with Crippen molar-refractivity contribution in [2.45, 2.75) is 53.6 Å². The van der Waals surface area contributed by atoms with Crippen molar-refractivity contribution >= 4 is 35.8 Å². The normalized spacial score (nSPS) is 12.3. The van der Waals surface area contributed by atoms with E-state index < -0.39 is 0 Å². The van der Waals surface area contributed by atoms with Gasteiger partial charge in [0.25, 0.3) is 0 Å². The van der Waals surface area contributed by atoms with E-state index in [0.29, 0.717) is 6.54 Å². The highest BCUT2D eigenvalue weighted by atomic mass is 127. The second-order valence-corrected chi connectivity index (χ2v) is 7.15. The van der Waals surface area contributed by atoms with Crippen LogP contribution >= 0.6 is 24.0 Å². The number of halogens is 1. The molecule has 0 bridgehead atoms. The van der Waals surface area contributed by atoms with E-state index in [2.05, 4.69) is 77.4 Å². The van der Waals surface area contributed by atoms with E-state index in [-0.39, 0.29) is 30.0 Å². The molecule has 2 aromatic heterocycles. The number of nitrogens with zero attached hydrogens (tertiary/aromatic N) is 5. The molecule has 0 saturated heterocycles. The van der Waals surface area contributed by atoms with Gasteiger partial charge < -0.3 is 15.5 Å². The molecule has 2 aromatic rings. The molecule has 0 aliphatic rings. The number of nitrogens with one attached hydrogen (secondary N) is 2. The second kappa shape index (κ2) is 12.0. The van der Waals surface area contributed by atoms with Gasteiger partial charge >= 0.3 is 0 Å². The van der Waals surface area contributed by atoms with Crippen molar-refractivity contribution < 1.29 is 0 Å². The Balaban J connectivity index is 0.00000420. The van der Waals surface area contributed by atoms with Crippen molar-refractivity contribution in [3.63, 3.8) is 0 Å². The fraction of sp³-hybridized carbons (Fsp3) is 0.571. The summed E-state index contributed by atoms with van der Waals surface area (Å²) in [5.74, 6) is 1.81. The van der Waals surface area contributed by atoms with Gasteiger partial charge in [-0.05, 0) is 58.2 Å². The number of hydrogen-bond acceptors (Lipinski definition) is 4. The summed E-state index contributed by atoms with van der Waals surface area (Å²) in [5, 5.41) is 11.4. The molecule has 0 spiro atoms. The SMILES string of the molecule is CCN(CC)c1ccc(CNC(=NC)NC(C)Cc2c(C)nn(C)c2C)cn1.I. The topological polar surface area (TPSA) is 70.4 Å². The van der Waals surface area contributed by atoms with E-state index in [0.717, 1.165) is 42.5 Å². The van der Waals surface area contributed by atoms with Crippen LogP contribution in [0.1, 0.15) is 43.3 Å². The average molecular weight is 513 g/mol. The number of hydrogen-bond donors (Lipinski definition) is 2. The van der Waals surface area contributed by atoms with Crippen molar-refractivity contribution in [3.05, 3.63) is 40.8 Å². The first-order valence-electron chi connectivity index (χ1n) is 10.1. The maximum atomic E-state index is 4.58. The minimum atomic E-state index is 0. The van der Waals surface area contributed by atoms with Gasteiger partial charge in [-0.3, -0.25) is 9.67 Å². The largest absolute Gasteiger partial charge is 0.357 e. The summed E-state index contributed by atoms with van der Waals surface area (Å²) in [5.41, 5.74) is 4.74. The Morgan fingerprint density at radius 1 is 1.24 bits per heavy atom. The molecule has 0 aliphatic carbocycles. The van der Waals surface area contributed by atoms with Crippen molar-refractivity contribution in [1.82, 2.24) is 25.4 Å². The van der Waals surface area contributed by atoms with Crippen molar-refractivity contribution in [3.8, 4) is 0 Å². The number of aryl methyl sites for hydroxylation is 2. The van der Waals surface area contributed by atoms with E-state index in [1.807, 2.05) is 17.9 Å². The molecule has 0 saturated carbocycles. The van der Waals surface area contributed by atoms with Gasteiger partial charge in [-0.1, -0.05) is 6.07 Å². The first-order valence-corrected chi connectivity index (χ1v) is 10.1. The zero-order chi connectivity index (χ0) is 20.7. The quantitative estimate of drug-likeness (QED) is 0.323. The molecule has 7 nitrogen and oxygen atoms in total. The van der Waals surface area contributed by atoms with Gasteiger partial charge in [-0.2, -0.15) is 5.10 Å². The smallest absolute Gasteiger partial charge is 0.191 e. The van der Waals surface area contributed by atoms with E-state index in [1.54, 1.807) is 7.05 Å². The maximum absolute atomic E-state index is 4.58. The number of guanidine groups is 1. The summed E-state index contributed by atoms with van der Waals surface area (Å²) >= 11 is 0. The average Bonchev–Trinajstić information content (AvgIpc) is 2.93. The van der Waals surface area contributed by atoms with Crippen LogP contribution in [0.5, 0.6) is 0 Å². The van der Waals surface area contributed by atoms with Crippen LogP contribution in [0.3, 0.4) is 0 Å². The van der Waals surface area contributed by atoms with E-state index in [9.17, 15) is 0 Å². The van der Waals surface area contributed by atoms with Gasteiger partial charge in [0.1, 0.15) is 5.82 Å². The first kappa shape index (κ1) is 25.2. The third kappa shape index (κ3) is 6.87. The molecule has 2 heterocycles. The summed E-state index contributed by atoms with van der Waals surface area (Å²) in [6, 6.07) is 4.44. The monoisotopic (exact) mass is 513 g/mol. The minimum absolute atomic E-state index is 0. The van der Waals surface area contributed by atoms with Crippen LogP contribution in [-0.4, -0.2) is 46.9 Å². The van der Waals surface area contributed by atoms with Crippen molar-refractivity contribution in [1.29, 1.82) is 0 Å². The van der Waals surface area contributed by atoms with Gasteiger partial charge in [0, 0.05) is 51.7 Å². The lowest BCUT2D eigenvalue weighted by Crippen LogP contribution is -2.42. The summed E-state index contributed by atoms with van der Waals surface area (Å²) in [6.45, 7) is 13.2. The lowest BCUT2D eigenvalue weighted by atomic mass is 10.1. The molecule has 162 valence electrons. The van der Waals surface area contributed by atoms with Crippen LogP contribution in [0.15, 0.2) is 23.3 Å². The predicted molar refractivity (Wildman–Crippen MR) is 132 cm³/mol. The highest BCUT2D eigenvalue weighted by molar-refractivity contribution is 14.0. The standard InChI is InChI=1S/C21H35N7.HI/c1-8-28(9-2)20-11-10-18(13-23-20)14-24-21(22-6)25-15(3)12-19-16(4)26-27(7)17(19)5;/h10-11,13,15H,8-9,12,14H2,1-7H3,(H2,22,24,25);1H. The molecular formula is C21H36IN7. The zero-order valence-corrected chi connectivity index (χ0v) is 21.1. The summed E-state index contributed by atoms with van der Waals surface area (Å²) in [4.78, 5) is 11.2. The highest BCUT2D eigenvalue weighted by Crippen LogP contribution is 2.14. The van der Waals surface area contributed by atoms with Crippen LogP contribution in [0.2, 0.25) is 0 Å². The fourth-order valence-electron chi connectivity index (χ4n) is 3.34. The molecule has 1 atom stereocenters. The van der Waals surface area contributed by atoms with Gasteiger partial charge in [0.05, 0.1) is 5.69 Å². The number of anilines is 1. The van der Waals surface area contributed by atoms with Gasteiger partial charge in [-0.25, -0.2) is 4.98 Å². The molecule has 0 aliphatic heterocycles. The van der Waals surface area contributed by atoms with Gasteiger partial charge in [0.15, 0.2) is 5.96 Å². The molecule has 29 heavy (non-hydrogen) atoms. The van der Waals surface area contributed by atoms with E-state index in [4.69, 9.17) is 0 Å². The third-order valence-electron chi connectivity index (χ3n) is 5.13. The Hall–Kier alpha value is -1.84. The number of aromatic nitrogens is 3. The van der Waals surface area contributed by atoms with Crippen LogP contribution in [0.4, 0.5) is 5.82 Å². The van der Waals surface area contributed by atoms with Gasteiger partial charge in [-0.15, -0.1) is 24.0 Å². The third-order valence-corrected chi connectivity index (χ3v) is 5.13. The fourth-order valence-corrected chi connectivity index (χ4v) is 3.34. The van der Waals surface area contributed by atoms with E-state index in [1.165, 1.54) is 11.3 Å². The number of pyridine rings is 1. The molecule has 0 amide bonds. The first-order chi connectivity index (χ1) is 13.4. The molecule has 8 heteroatoms. The molecule has 0 aromatic carbocycles. The highest BCUT2D eigenvalue weighted by Gasteiger charge is 2.14. The second-order valence-electron chi connectivity index (χ2n) is 7.15. The van der Waals surface area contributed by atoms with Crippen LogP contribution in [0.25, 0.3) is 0 Å². The van der Waals surface area contributed by atoms with Crippen LogP contribution < -0.4 is 15.5 Å². The Labute approximate surface area is 192 Å². The Bertz CT molecular complexity index is 779. The van der Waals surface area contributed by atoms with Crippen molar-refractivity contribution in [2.24, 2.45) is 12.0 Å². The predicted octanol–water partition coefficient (Wildman–Crippen LogP) is 3.19. The maximum Gasteiger partial charge on any atom is 0.191 e. The number of rotatable bonds is 8. The lowest BCUT2D eigenvalue weighted by molar-refractivity contribution is 0.635. The summed E-state index contributed by atoms with van der Waals surface area (Å²) in [7, 11) is 3.79. The van der Waals surface area contributed by atoms with Crippen molar-refractivity contribution in [2.75, 3.05) is 25.0 Å². The number of aliphatic imine (C=N–C) groups is 1. The molecular weight excluding hydrogens is 477 g/mol. The van der Waals surface area contributed by atoms with Crippen LogP contribution in [0, 0.1) is 13.8 Å². The lowest BCUT2D eigenvalue weighted by Gasteiger charge is -2.20. The summed E-state index contributed by atoms with van der Waals surface area (Å²) < 4.78 is 1.94. The van der Waals surface area contributed by atoms with Crippen LogP contribution in [-0.2, 0) is 20.0 Å². The Morgan fingerprint density at radius 3 is 2.41 bits per heavy atom. The zero-order valence-electron chi connectivity index (χ0n) is 18.8. The van der Waals surface area contributed by atoms with Gasteiger partial charge in [0.2, 0.25) is 0 Å². The Morgan fingerprint density at radius 2 is 1.93 bits per heavy atom. The molecule has 0 radical (unpaired) electrons. The Kier molecular flexibility index (Phi) is 10.4. The van der Waals surface area contributed by atoms with E-state index >= 15 is 0 Å².